The number of para-hydroxylation sites is 1. The summed E-state index contributed by atoms with van der Waals surface area (Å²) in [5.41, 5.74) is 0.685. The second-order valence-corrected chi connectivity index (χ2v) is 7.21. The minimum atomic E-state index is -0.156. The number of hydrogen-bond donors (Lipinski definition) is 1. The Labute approximate surface area is 195 Å². The second kappa shape index (κ2) is 12.7. The first-order valence-electron chi connectivity index (χ1n) is 10.6. The zero-order valence-corrected chi connectivity index (χ0v) is 20.3. The Hall–Kier alpha value is -1.91. The number of piperazine rings is 1. The third kappa shape index (κ3) is 6.55. The fraction of sp³-hybridized carbons (Fsp3) is 0.571. The molecule has 2 aromatic rings. The Morgan fingerprint density at radius 3 is 2.63 bits per heavy atom. The van der Waals surface area contributed by atoms with Crippen LogP contribution in [0.1, 0.15) is 32.5 Å². The summed E-state index contributed by atoms with van der Waals surface area (Å²) in [6, 6.07) is 7.00. The molecule has 0 atom stereocenters. The molecule has 7 nitrogen and oxygen atoms in total. The molecule has 0 bridgehead atoms. The highest BCUT2D eigenvalue weighted by Gasteiger charge is 2.21. The van der Waals surface area contributed by atoms with Crippen molar-refractivity contribution < 1.29 is 4.39 Å². The molecule has 1 aliphatic rings. The maximum absolute atomic E-state index is 14.1. The molecule has 0 saturated carbocycles. The van der Waals surface area contributed by atoms with Gasteiger partial charge in [-0.15, -0.1) is 34.2 Å². The first-order chi connectivity index (χ1) is 14.2. The molecule has 1 N–H and O–H groups in total. The highest BCUT2D eigenvalue weighted by molar-refractivity contribution is 14.0. The van der Waals surface area contributed by atoms with Gasteiger partial charge in [-0.25, -0.2) is 4.39 Å². The molecule has 0 spiro atoms. The summed E-state index contributed by atoms with van der Waals surface area (Å²) in [6.07, 6.45) is 4.85. The number of guanidine groups is 1. The van der Waals surface area contributed by atoms with Crippen molar-refractivity contribution in [1.29, 1.82) is 0 Å². The molecule has 1 fully saturated rings. The lowest BCUT2D eigenvalue weighted by Gasteiger charge is -2.38. The fourth-order valence-electron chi connectivity index (χ4n) is 3.51. The average Bonchev–Trinajstić information content (AvgIpc) is 3.21. The average molecular weight is 529 g/mol. The molecular weight excluding hydrogens is 496 g/mol. The van der Waals surface area contributed by atoms with Crippen molar-refractivity contribution in [1.82, 2.24) is 25.0 Å². The maximum atomic E-state index is 14.1. The summed E-state index contributed by atoms with van der Waals surface area (Å²) in [4.78, 5) is 9.20. The van der Waals surface area contributed by atoms with Crippen LogP contribution in [-0.4, -0.2) is 64.9 Å². The largest absolute Gasteiger partial charge is 0.366 e. The van der Waals surface area contributed by atoms with Crippen LogP contribution < -0.4 is 10.2 Å². The smallest absolute Gasteiger partial charge is 0.194 e. The van der Waals surface area contributed by atoms with Crippen molar-refractivity contribution in [3.05, 3.63) is 42.2 Å². The molecule has 166 valence electrons. The lowest BCUT2D eigenvalue weighted by molar-refractivity contribution is 0.369. The summed E-state index contributed by atoms with van der Waals surface area (Å²) in [7, 11) is 0. The van der Waals surface area contributed by atoms with E-state index >= 15 is 0 Å². The molecule has 1 aliphatic heterocycles. The standard InChI is InChI=1S/C21H32FN7.HI/c1-3-5-10-23-21(24-11-12-29-17-25-26-20(29)4-2)28-15-13-27(14-16-28)19-9-7-6-8-18(19)22;/h6-9,17H,3-5,10-16H2,1-2H3,(H,23,24);1H. The van der Waals surface area contributed by atoms with Crippen molar-refractivity contribution in [2.75, 3.05) is 44.2 Å². The molecule has 0 radical (unpaired) electrons. The molecule has 0 unspecified atom stereocenters. The van der Waals surface area contributed by atoms with E-state index in [4.69, 9.17) is 4.99 Å². The first-order valence-corrected chi connectivity index (χ1v) is 10.6. The Bertz CT molecular complexity index is 787. The number of anilines is 1. The van der Waals surface area contributed by atoms with Crippen LogP contribution in [0.5, 0.6) is 0 Å². The van der Waals surface area contributed by atoms with Crippen LogP contribution in [0.4, 0.5) is 10.1 Å². The van der Waals surface area contributed by atoms with Crippen LogP contribution in [0.3, 0.4) is 0 Å². The van der Waals surface area contributed by atoms with E-state index in [1.54, 1.807) is 12.4 Å². The predicted octanol–water partition coefficient (Wildman–Crippen LogP) is 3.17. The van der Waals surface area contributed by atoms with E-state index in [0.717, 1.165) is 76.9 Å². The molecule has 3 rings (SSSR count). The molecular formula is C21H33FIN7. The van der Waals surface area contributed by atoms with Gasteiger partial charge in [0.05, 0.1) is 5.69 Å². The Morgan fingerprint density at radius 1 is 1.17 bits per heavy atom. The molecule has 30 heavy (non-hydrogen) atoms. The quantitative estimate of drug-likeness (QED) is 0.247. The van der Waals surface area contributed by atoms with E-state index in [1.807, 2.05) is 12.1 Å². The Morgan fingerprint density at radius 2 is 1.93 bits per heavy atom. The lowest BCUT2D eigenvalue weighted by atomic mass is 10.2. The van der Waals surface area contributed by atoms with Gasteiger partial charge >= 0.3 is 0 Å². The van der Waals surface area contributed by atoms with Crippen LogP contribution in [0.2, 0.25) is 0 Å². The number of aromatic nitrogens is 3. The van der Waals surface area contributed by atoms with Crippen molar-refractivity contribution in [2.45, 2.75) is 39.7 Å². The van der Waals surface area contributed by atoms with Gasteiger partial charge in [0.2, 0.25) is 0 Å². The zero-order chi connectivity index (χ0) is 20.5. The van der Waals surface area contributed by atoms with E-state index in [-0.39, 0.29) is 29.8 Å². The number of aliphatic imine (C=N–C) groups is 1. The van der Waals surface area contributed by atoms with Gasteiger partial charge in [0.15, 0.2) is 5.96 Å². The molecule has 0 amide bonds. The predicted molar refractivity (Wildman–Crippen MR) is 130 cm³/mol. The number of nitrogens with zero attached hydrogens (tertiary/aromatic N) is 6. The molecule has 0 aliphatic carbocycles. The third-order valence-electron chi connectivity index (χ3n) is 5.19. The fourth-order valence-corrected chi connectivity index (χ4v) is 3.51. The summed E-state index contributed by atoms with van der Waals surface area (Å²) < 4.78 is 16.2. The van der Waals surface area contributed by atoms with Gasteiger partial charge in [-0.05, 0) is 18.6 Å². The highest BCUT2D eigenvalue weighted by atomic mass is 127. The highest BCUT2D eigenvalue weighted by Crippen LogP contribution is 2.20. The number of unbranched alkanes of at least 4 members (excludes halogenated alkanes) is 1. The normalized spacial score (nSPS) is 14.6. The number of hydrogen-bond acceptors (Lipinski definition) is 4. The number of rotatable bonds is 8. The number of nitrogens with one attached hydrogen (secondary N) is 1. The molecule has 1 saturated heterocycles. The topological polar surface area (TPSA) is 61.6 Å². The van der Waals surface area contributed by atoms with E-state index < -0.39 is 0 Å². The number of benzene rings is 1. The number of halogens is 2. The lowest BCUT2D eigenvalue weighted by Crippen LogP contribution is -2.53. The molecule has 1 aromatic heterocycles. The molecule has 2 heterocycles. The molecule has 9 heteroatoms. The van der Waals surface area contributed by atoms with Crippen molar-refractivity contribution in [2.24, 2.45) is 4.99 Å². The van der Waals surface area contributed by atoms with Crippen LogP contribution in [0.15, 0.2) is 35.6 Å². The summed E-state index contributed by atoms with van der Waals surface area (Å²) >= 11 is 0. The van der Waals surface area contributed by atoms with E-state index in [2.05, 4.69) is 43.7 Å². The van der Waals surface area contributed by atoms with E-state index in [1.165, 1.54) is 6.07 Å². The van der Waals surface area contributed by atoms with Crippen molar-refractivity contribution in [3.63, 3.8) is 0 Å². The maximum Gasteiger partial charge on any atom is 0.194 e. The zero-order valence-electron chi connectivity index (χ0n) is 17.9. The van der Waals surface area contributed by atoms with Crippen LogP contribution in [0.25, 0.3) is 0 Å². The Balaban J connectivity index is 0.00000320. The second-order valence-electron chi connectivity index (χ2n) is 7.21. The minimum absolute atomic E-state index is 0. The van der Waals surface area contributed by atoms with E-state index in [0.29, 0.717) is 5.69 Å². The van der Waals surface area contributed by atoms with Crippen LogP contribution in [-0.2, 0) is 13.0 Å². The minimum Gasteiger partial charge on any atom is -0.366 e. The van der Waals surface area contributed by atoms with Gasteiger partial charge in [-0.3, -0.25) is 4.99 Å². The van der Waals surface area contributed by atoms with Crippen LogP contribution >= 0.6 is 24.0 Å². The Kier molecular flexibility index (Phi) is 10.3. The van der Waals surface area contributed by atoms with E-state index in [9.17, 15) is 4.39 Å². The summed E-state index contributed by atoms with van der Waals surface area (Å²) in [6.45, 7) is 9.84. The number of aryl methyl sites for hydroxylation is 1. The third-order valence-corrected chi connectivity index (χ3v) is 5.19. The van der Waals surface area contributed by atoms with Gasteiger partial charge < -0.3 is 19.7 Å². The van der Waals surface area contributed by atoms with Gasteiger partial charge in [0.25, 0.3) is 0 Å². The van der Waals surface area contributed by atoms with Gasteiger partial charge in [-0.2, -0.15) is 0 Å². The van der Waals surface area contributed by atoms with Crippen molar-refractivity contribution >= 4 is 35.6 Å². The van der Waals surface area contributed by atoms with Crippen molar-refractivity contribution in [3.8, 4) is 0 Å². The SMILES string of the molecule is CCCCN=C(NCCn1cnnc1CC)N1CCN(c2ccccc2F)CC1.I. The van der Waals surface area contributed by atoms with Crippen LogP contribution in [0, 0.1) is 5.82 Å². The van der Waals surface area contributed by atoms with Gasteiger partial charge in [0, 0.05) is 52.2 Å². The monoisotopic (exact) mass is 529 g/mol. The van der Waals surface area contributed by atoms with Gasteiger partial charge in [-0.1, -0.05) is 32.4 Å². The first kappa shape index (κ1) is 24.4. The van der Waals surface area contributed by atoms with Gasteiger partial charge in [0.1, 0.15) is 18.0 Å². The molecule has 1 aromatic carbocycles. The summed E-state index contributed by atoms with van der Waals surface area (Å²) in [5.74, 6) is 1.78. The summed E-state index contributed by atoms with van der Waals surface area (Å²) in [5, 5.41) is 11.6.